The highest BCUT2D eigenvalue weighted by Gasteiger charge is 2.23. The molecule has 1 amide bonds. The third-order valence-electron chi connectivity index (χ3n) is 4.60. The van der Waals surface area contributed by atoms with E-state index < -0.39 is 6.04 Å². The van der Waals surface area contributed by atoms with Gasteiger partial charge >= 0.3 is 0 Å². The Hall–Kier alpha value is -3.42. The zero-order valence-corrected chi connectivity index (χ0v) is 15.0. The molecule has 4 aromatic heterocycles. The van der Waals surface area contributed by atoms with Gasteiger partial charge in [0.1, 0.15) is 17.4 Å². The number of fused-ring (bicyclic) bond motifs is 3. The van der Waals surface area contributed by atoms with Crippen LogP contribution < -0.4 is 10.9 Å². The molecule has 0 fully saturated rings. The Morgan fingerprint density at radius 1 is 1.33 bits per heavy atom. The second-order valence-corrected chi connectivity index (χ2v) is 6.34. The fraction of sp³-hybridized carbons (Fsp3) is 0.263. The SMILES string of the molecule is CC[C@@H](C(=O)NCc1cccnc1)n1nc(C)n2c(cc3occc32)c1=O. The van der Waals surface area contributed by atoms with Crippen LogP contribution in [0, 0.1) is 6.92 Å². The van der Waals surface area contributed by atoms with Crippen LogP contribution in [-0.4, -0.2) is 25.1 Å². The minimum Gasteiger partial charge on any atom is -0.463 e. The van der Waals surface area contributed by atoms with Crippen LogP contribution in [0.25, 0.3) is 16.6 Å². The molecule has 0 aromatic carbocycles. The van der Waals surface area contributed by atoms with Crippen molar-refractivity contribution >= 4 is 22.5 Å². The summed E-state index contributed by atoms with van der Waals surface area (Å²) in [4.78, 5) is 29.7. The normalized spacial score (nSPS) is 12.5. The van der Waals surface area contributed by atoms with Gasteiger partial charge in [0.2, 0.25) is 5.91 Å². The van der Waals surface area contributed by atoms with Crippen LogP contribution in [0.2, 0.25) is 0 Å². The van der Waals surface area contributed by atoms with E-state index in [2.05, 4.69) is 15.4 Å². The topological polar surface area (TPSA) is 94.4 Å². The Bertz CT molecular complexity index is 1170. The molecule has 0 saturated heterocycles. The van der Waals surface area contributed by atoms with Crippen molar-refractivity contribution in [3.8, 4) is 0 Å². The van der Waals surface area contributed by atoms with Gasteiger partial charge in [-0.05, 0) is 25.0 Å². The van der Waals surface area contributed by atoms with Crippen molar-refractivity contribution < 1.29 is 9.21 Å². The molecule has 0 bridgehead atoms. The quantitative estimate of drug-likeness (QED) is 0.585. The molecule has 0 radical (unpaired) electrons. The molecular formula is C19H19N5O3. The number of aryl methyl sites for hydroxylation is 1. The first-order chi connectivity index (χ1) is 13.1. The van der Waals surface area contributed by atoms with E-state index in [-0.39, 0.29) is 11.5 Å². The van der Waals surface area contributed by atoms with Crippen LogP contribution in [0.5, 0.6) is 0 Å². The summed E-state index contributed by atoms with van der Waals surface area (Å²) in [5, 5.41) is 7.26. The molecule has 8 nitrogen and oxygen atoms in total. The molecule has 4 aromatic rings. The van der Waals surface area contributed by atoms with Crippen LogP contribution in [-0.2, 0) is 11.3 Å². The maximum absolute atomic E-state index is 13.0. The van der Waals surface area contributed by atoms with E-state index in [4.69, 9.17) is 4.42 Å². The van der Waals surface area contributed by atoms with Crippen molar-refractivity contribution in [2.45, 2.75) is 32.9 Å². The summed E-state index contributed by atoms with van der Waals surface area (Å²) in [6.45, 7) is 4.00. The highest BCUT2D eigenvalue weighted by atomic mass is 16.3. The number of nitrogens with one attached hydrogen (secondary N) is 1. The Morgan fingerprint density at radius 3 is 2.93 bits per heavy atom. The van der Waals surface area contributed by atoms with Crippen molar-refractivity contribution in [1.29, 1.82) is 0 Å². The number of furan rings is 1. The smallest absolute Gasteiger partial charge is 0.291 e. The van der Waals surface area contributed by atoms with Crippen LogP contribution >= 0.6 is 0 Å². The fourth-order valence-electron chi connectivity index (χ4n) is 3.29. The first-order valence-corrected chi connectivity index (χ1v) is 8.75. The lowest BCUT2D eigenvalue weighted by Crippen LogP contribution is -2.39. The third-order valence-corrected chi connectivity index (χ3v) is 4.60. The molecule has 27 heavy (non-hydrogen) atoms. The fourth-order valence-corrected chi connectivity index (χ4v) is 3.29. The summed E-state index contributed by atoms with van der Waals surface area (Å²) in [5.74, 6) is 0.356. The molecule has 4 rings (SSSR count). The van der Waals surface area contributed by atoms with Crippen molar-refractivity contribution in [2.75, 3.05) is 0 Å². The Labute approximate surface area is 154 Å². The first-order valence-electron chi connectivity index (χ1n) is 8.75. The van der Waals surface area contributed by atoms with E-state index >= 15 is 0 Å². The molecule has 0 aliphatic rings. The van der Waals surface area contributed by atoms with Gasteiger partial charge in [-0.1, -0.05) is 13.0 Å². The predicted molar refractivity (Wildman–Crippen MR) is 99.4 cm³/mol. The van der Waals surface area contributed by atoms with Gasteiger partial charge in [-0.2, -0.15) is 5.10 Å². The second kappa shape index (κ2) is 6.71. The van der Waals surface area contributed by atoms with Crippen LogP contribution in [0.15, 0.2) is 52.1 Å². The molecule has 0 spiro atoms. The Kier molecular flexibility index (Phi) is 4.23. The average Bonchev–Trinajstić information content (AvgIpc) is 3.26. The van der Waals surface area contributed by atoms with Gasteiger partial charge in [0.25, 0.3) is 5.56 Å². The number of nitrogens with zero attached hydrogens (tertiary/aromatic N) is 4. The summed E-state index contributed by atoms with van der Waals surface area (Å²) in [6.07, 6.45) is 5.38. The maximum atomic E-state index is 13.0. The molecule has 0 aliphatic carbocycles. The number of hydrogen-bond donors (Lipinski definition) is 1. The van der Waals surface area contributed by atoms with Crippen LogP contribution in [0.1, 0.15) is 30.8 Å². The summed E-state index contributed by atoms with van der Waals surface area (Å²) in [7, 11) is 0. The minimum atomic E-state index is -0.695. The second-order valence-electron chi connectivity index (χ2n) is 6.34. The first kappa shape index (κ1) is 17.0. The van der Waals surface area contributed by atoms with Crippen molar-refractivity contribution in [3.63, 3.8) is 0 Å². The van der Waals surface area contributed by atoms with E-state index in [9.17, 15) is 9.59 Å². The lowest BCUT2D eigenvalue weighted by Gasteiger charge is -2.18. The molecule has 4 heterocycles. The Balaban J connectivity index is 1.69. The molecule has 8 heteroatoms. The number of amides is 1. The molecule has 1 atom stereocenters. The van der Waals surface area contributed by atoms with Crippen LogP contribution in [0.4, 0.5) is 0 Å². The monoisotopic (exact) mass is 365 g/mol. The van der Waals surface area contributed by atoms with Crippen molar-refractivity contribution in [1.82, 2.24) is 24.5 Å². The molecule has 1 N–H and O–H groups in total. The summed E-state index contributed by atoms with van der Waals surface area (Å²) >= 11 is 0. The minimum absolute atomic E-state index is 0.255. The van der Waals surface area contributed by atoms with E-state index in [0.29, 0.717) is 29.9 Å². The van der Waals surface area contributed by atoms with Crippen molar-refractivity contribution in [2.24, 2.45) is 0 Å². The number of rotatable bonds is 5. The number of hydrogen-bond acceptors (Lipinski definition) is 5. The van der Waals surface area contributed by atoms with Gasteiger partial charge in [-0.25, -0.2) is 4.68 Å². The van der Waals surface area contributed by atoms with E-state index in [0.717, 1.165) is 11.1 Å². The molecule has 0 saturated carbocycles. The standard InChI is InChI=1S/C19H19N5O3/c1-3-14(18(25)21-11-13-5-4-7-20-10-13)24-19(26)16-9-17-15(6-8-27-17)23(16)12(2)22-24/h4-10,14H,3,11H2,1-2H3,(H,21,25)/t14-/m0/s1. The number of carbonyl (C=O) groups is 1. The van der Waals surface area contributed by atoms with E-state index in [1.807, 2.05) is 19.1 Å². The summed E-state index contributed by atoms with van der Waals surface area (Å²) < 4.78 is 8.41. The van der Waals surface area contributed by atoms with Gasteiger partial charge in [0.05, 0.1) is 11.8 Å². The largest absolute Gasteiger partial charge is 0.463 e. The lowest BCUT2D eigenvalue weighted by molar-refractivity contribution is -0.125. The van der Waals surface area contributed by atoms with Gasteiger partial charge in [0, 0.05) is 31.1 Å². The van der Waals surface area contributed by atoms with Crippen LogP contribution in [0.3, 0.4) is 0 Å². The molecule has 138 valence electrons. The highest BCUT2D eigenvalue weighted by Crippen LogP contribution is 2.21. The maximum Gasteiger partial charge on any atom is 0.291 e. The predicted octanol–water partition coefficient (Wildman–Crippen LogP) is 2.21. The lowest BCUT2D eigenvalue weighted by atomic mass is 10.2. The van der Waals surface area contributed by atoms with Crippen molar-refractivity contribution in [3.05, 3.63) is 64.7 Å². The molecule has 0 aliphatic heterocycles. The molecule has 0 unspecified atom stereocenters. The number of pyridine rings is 1. The Morgan fingerprint density at radius 2 is 2.19 bits per heavy atom. The zero-order chi connectivity index (χ0) is 19.0. The molecular weight excluding hydrogens is 346 g/mol. The van der Waals surface area contributed by atoms with E-state index in [1.165, 1.54) is 4.68 Å². The third kappa shape index (κ3) is 2.88. The van der Waals surface area contributed by atoms with Gasteiger partial charge < -0.3 is 9.73 Å². The van der Waals surface area contributed by atoms with Gasteiger partial charge in [-0.15, -0.1) is 0 Å². The average molecular weight is 365 g/mol. The highest BCUT2D eigenvalue weighted by molar-refractivity contribution is 5.83. The van der Waals surface area contributed by atoms with Gasteiger partial charge in [-0.3, -0.25) is 19.0 Å². The number of carbonyl (C=O) groups excluding carboxylic acids is 1. The van der Waals surface area contributed by atoms with Gasteiger partial charge in [0.15, 0.2) is 5.58 Å². The number of aromatic nitrogens is 4. The summed E-state index contributed by atoms with van der Waals surface area (Å²) in [5.41, 5.74) is 2.41. The van der Waals surface area contributed by atoms with E-state index in [1.54, 1.807) is 42.1 Å². The summed E-state index contributed by atoms with van der Waals surface area (Å²) in [6, 6.07) is 6.47. The zero-order valence-electron chi connectivity index (χ0n) is 15.0.